The van der Waals surface area contributed by atoms with Gasteiger partial charge in [-0.05, 0) is 17.5 Å². The summed E-state index contributed by atoms with van der Waals surface area (Å²) in [5.74, 6) is 0.730. The van der Waals surface area contributed by atoms with Crippen LogP contribution in [0.5, 0.6) is 0 Å². The van der Waals surface area contributed by atoms with E-state index in [0.717, 1.165) is 28.1 Å². The van der Waals surface area contributed by atoms with Gasteiger partial charge in [0.2, 0.25) is 0 Å². The van der Waals surface area contributed by atoms with E-state index in [2.05, 4.69) is 122 Å². The second kappa shape index (κ2) is 8.61. The molecular weight excluding hydrogens is 564 g/mol. The molecule has 0 saturated carbocycles. The van der Waals surface area contributed by atoms with Crippen molar-refractivity contribution in [2.24, 2.45) is 0 Å². The van der Waals surface area contributed by atoms with Crippen molar-refractivity contribution >= 4 is 82.0 Å². The van der Waals surface area contributed by atoms with E-state index < -0.39 is 0 Å². The Morgan fingerprint density at radius 1 is 0.413 bits per heavy atom. The molecule has 0 spiro atoms. The van der Waals surface area contributed by atoms with Crippen molar-refractivity contribution in [3.8, 4) is 17.1 Å². The minimum absolute atomic E-state index is 0.513. The summed E-state index contributed by atoms with van der Waals surface area (Å²) in [5.41, 5.74) is 8.62. The Morgan fingerprint density at radius 2 is 1.02 bits per heavy atom. The molecule has 0 unspecified atom stereocenters. The highest BCUT2D eigenvalue weighted by Gasteiger charge is 2.27. The Balaban J connectivity index is 1.46. The first-order valence-electron chi connectivity index (χ1n) is 15.4. The summed E-state index contributed by atoms with van der Waals surface area (Å²) in [7, 11) is 0. The molecule has 212 valence electrons. The van der Waals surface area contributed by atoms with Gasteiger partial charge in [-0.25, -0.2) is 19.9 Å². The monoisotopic (exact) mass is 586 g/mol. The van der Waals surface area contributed by atoms with E-state index in [9.17, 15) is 0 Å². The predicted octanol–water partition coefficient (Wildman–Crippen LogP) is 9.49. The molecule has 0 radical (unpaired) electrons. The maximum atomic E-state index is 5.23. The van der Waals surface area contributed by atoms with Gasteiger partial charge in [-0.3, -0.25) is 4.57 Å². The summed E-state index contributed by atoms with van der Waals surface area (Å²) in [4.78, 5) is 19.5. The third-order valence-electron chi connectivity index (χ3n) is 9.55. The molecule has 0 fully saturated rings. The smallest absolute Gasteiger partial charge is 0.199 e. The van der Waals surface area contributed by atoms with Crippen molar-refractivity contribution in [1.29, 1.82) is 0 Å². The molecule has 0 aliphatic carbocycles. The van der Waals surface area contributed by atoms with E-state index in [1.807, 2.05) is 18.2 Å². The molecule has 11 aromatic rings. The molecule has 0 atom stereocenters. The highest BCUT2D eigenvalue weighted by molar-refractivity contribution is 6.39. The lowest BCUT2D eigenvalue weighted by Crippen LogP contribution is -2.05. The SMILES string of the molecule is c1ccc(-c2nc3nccnc3nc2-n2c3ccccc3c3c2c2ccccc2c2c4cccc5c6ccccc6n(c54)c23)cc1. The predicted molar refractivity (Wildman–Crippen MR) is 187 cm³/mol. The van der Waals surface area contributed by atoms with Gasteiger partial charge in [-0.15, -0.1) is 0 Å². The van der Waals surface area contributed by atoms with E-state index in [1.54, 1.807) is 12.4 Å². The van der Waals surface area contributed by atoms with Gasteiger partial charge in [0.05, 0.1) is 27.6 Å². The quantitative estimate of drug-likeness (QED) is 0.202. The second-order valence-electron chi connectivity index (χ2n) is 11.9. The summed E-state index contributed by atoms with van der Waals surface area (Å²) in [5, 5.41) is 9.82. The van der Waals surface area contributed by atoms with Crippen LogP contribution in [0.4, 0.5) is 0 Å². The van der Waals surface area contributed by atoms with Crippen LogP contribution in [0.1, 0.15) is 0 Å². The topological polar surface area (TPSA) is 60.9 Å². The minimum Gasteiger partial charge on any atom is -0.307 e. The molecule has 0 aliphatic rings. The van der Waals surface area contributed by atoms with Crippen LogP contribution < -0.4 is 0 Å². The zero-order valence-corrected chi connectivity index (χ0v) is 24.4. The van der Waals surface area contributed by atoms with Crippen LogP contribution in [0.3, 0.4) is 0 Å². The third-order valence-corrected chi connectivity index (χ3v) is 9.55. The molecule has 5 heterocycles. The van der Waals surface area contributed by atoms with E-state index >= 15 is 0 Å². The Hall–Kier alpha value is -6.40. The van der Waals surface area contributed by atoms with Gasteiger partial charge in [0.25, 0.3) is 0 Å². The van der Waals surface area contributed by atoms with Gasteiger partial charge in [-0.1, -0.05) is 109 Å². The lowest BCUT2D eigenvalue weighted by Gasteiger charge is -2.14. The fourth-order valence-electron chi connectivity index (χ4n) is 7.80. The fraction of sp³-hybridized carbons (Fsp3) is 0. The van der Waals surface area contributed by atoms with Gasteiger partial charge < -0.3 is 4.40 Å². The number of benzene rings is 6. The molecule has 0 amide bonds. The van der Waals surface area contributed by atoms with Gasteiger partial charge in [0.15, 0.2) is 17.1 Å². The van der Waals surface area contributed by atoms with Crippen LogP contribution in [0.2, 0.25) is 0 Å². The highest BCUT2D eigenvalue weighted by atomic mass is 15.1. The largest absolute Gasteiger partial charge is 0.307 e. The summed E-state index contributed by atoms with van der Waals surface area (Å²) in [6.45, 7) is 0. The number of nitrogens with zero attached hydrogens (tertiary/aromatic N) is 6. The summed E-state index contributed by atoms with van der Waals surface area (Å²) in [6.07, 6.45) is 3.35. The van der Waals surface area contributed by atoms with Crippen molar-refractivity contribution in [1.82, 2.24) is 28.9 Å². The lowest BCUT2D eigenvalue weighted by molar-refractivity contribution is 1.05. The molecule has 0 bridgehead atoms. The number of para-hydroxylation sites is 3. The van der Waals surface area contributed by atoms with E-state index in [4.69, 9.17) is 9.97 Å². The van der Waals surface area contributed by atoms with Crippen LogP contribution in [-0.4, -0.2) is 28.9 Å². The zero-order chi connectivity index (χ0) is 29.9. The minimum atomic E-state index is 0.513. The number of hydrogen-bond donors (Lipinski definition) is 0. The normalized spacial score (nSPS) is 12.3. The zero-order valence-electron chi connectivity index (χ0n) is 24.4. The Labute approximate surface area is 261 Å². The number of hydrogen-bond acceptors (Lipinski definition) is 4. The average molecular weight is 587 g/mol. The lowest BCUT2D eigenvalue weighted by atomic mass is 9.98. The fourth-order valence-corrected chi connectivity index (χ4v) is 7.80. The van der Waals surface area contributed by atoms with Gasteiger partial charge in [0, 0.05) is 55.7 Å². The molecule has 46 heavy (non-hydrogen) atoms. The first-order chi connectivity index (χ1) is 22.9. The molecule has 11 rings (SSSR count). The van der Waals surface area contributed by atoms with Crippen LogP contribution in [0.15, 0.2) is 134 Å². The molecule has 5 aromatic heterocycles. The first-order valence-corrected chi connectivity index (χ1v) is 15.4. The maximum Gasteiger partial charge on any atom is 0.199 e. The van der Waals surface area contributed by atoms with E-state index in [-0.39, 0.29) is 0 Å². The van der Waals surface area contributed by atoms with Crippen LogP contribution in [-0.2, 0) is 0 Å². The third kappa shape index (κ3) is 2.91. The Morgan fingerprint density at radius 3 is 1.85 bits per heavy atom. The van der Waals surface area contributed by atoms with Crippen LogP contribution in [0, 0.1) is 0 Å². The van der Waals surface area contributed by atoms with Gasteiger partial charge in [0.1, 0.15) is 5.69 Å². The number of fused-ring (bicyclic) bond motifs is 14. The van der Waals surface area contributed by atoms with Gasteiger partial charge >= 0.3 is 0 Å². The highest BCUT2D eigenvalue weighted by Crippen LogP contribution is 2.48. The van der Waals surface area contributed by atoms with Crippen molar-refractivity contribution in [2.75, 3.05) is 0 Å². The molecular formula is C40H22N6. The Bertz CT molecular complexity index is 3020. The van der Waals surface area contributed by atoms with Gasteiger partial charge in [-0.2, -0.15) is 0 Å². The second-order valence-corrected chi connectivity index (χ2v) is 11.9. The first kappa shape index (κ1) is 24.0. The average Bonchev–Trinajstić information content (AvgIpc) is 3.77. The van der Waals surface area contributed by atoms with Crippen LogP contribution in [0.25, 0.3) is 99.0 Å². The Kier molecular flexibility index (Phi) is 4.49. The van der Waals surface area contributed by atoms with E-state index in [0.29, 0.717) is 11.3 Å². The maximum absolute atomic E-state index is 5.23. The van der Waals surface area contributed by atoms with E-state index in [1.165, 1.54) is 59.6 Å². The van der Waals surface area contributed by atoms with Crippen molar-refractivity contribution in [2.45, 2.75) is 0 Å². The van der Waals surface area contributed by atoms with Crippen LogP contribution >= 0.6 is 0 Å². The summed E-state index contributed by atoms with van der Waals surface area (Å²) >= 11 is 0. The number of rotatable bonds is 2. The molecule has 0 aliphatic heterocycles. The molecule has 6 heteroatoms. The molecule has 0 saturated heterocycles. The van der Waals surface area contributed by atoms with Crippen molar-refractivity contribution in [3.63, 3.8) is 0 Å². The molecule has 6 nitrogen and oxygen atoms in total. The summed E-state index contributed by atoms with van der Waals surface area (Å²) in [6, 6.07) is 43.2. The van der Waals surface area contributed by atoms with Crippen molar-refractivity contribution < 1.29 is 0 Å². The standard InChI is InChI=1S/C40H22N6/c1-2-11-23(12-3-1)34-40(44-39-38(43-34)41-21-22-42-39)46-31-20-9-7-16-28(31)33-36(46)27-15-5-4-14-25(27)32-29-18-10-17-26-24-13-6-8-19-30(24)45(35(26)29)37(32)33/h1-22H. The molecule has 6 aromatic carbocycles. The number of aromatic nitrogens is 6. The van der Waals surface area contributed by atoms with Crippen molar-refractivity contribution in [3.05, 3.63) is 134 Å². The summed E-state index contributed by atoms with van der Waals surface area (Å²) < 4.78 is 4.80. The molecule has 0 N–H and O–H groups in total.